The number of aromatic nitrogens is 1. The Labute approximate surface area is 115 Å². The van der Waals surface area contributed by atoms with E-state index < -0.39 is 12.7 Å². The van der Waals surface area contributed by atoms with Crippen LogP contribution < -0.4 is 4.90 Å². The van der Waals surface area contributed by atoms with Gasteiger partial charge in [-0.1, -0.05) is 39.1 Å². The van der Waals surface area contributed by atoms with Crippen LogP contribution in [0.25, 0.3) is 0 Å². The molecule has 0 spiro atoms. The molecule has 8 heteroatoms. The van der Waals surface area contributed by atoms with E-state index in [1.807, 2.05) is 0 Å². The minimum atomic E-state index is -4.31. The molecule has 0 bridgehead atoms. The summed E-state index contributed by atoms with van der Waals surface area (Å²) >= 11 is 14.5. The fraction of sp³-hybridized carbons (Fsp3) is 0.444. The van der Waals surface area contributed by atoms with Crippen LogP contribution in [0.4, 0.5) is 19.0 Å². The summed E-state index contributed by atoms with van der Waals surface area (Å²) in [4.78, 5) is 4.87. The fourth-order valence-corrected chi connectivity index (χ4v) is 2.15. The van der Waals surface area contributed by atoms with E-state index in [4.69, 9.17) is 23.2 Å². The molecular weight excluding hydrogens is 344 g/mol. The van der Waals surface area contributed by atoms with Gasteiger partial charge in [0.05, 0.1) is 10.0 Å². The first kappa shape index (κ1) is 14.9. The number of nitrogens with zero attached hydrogens (tertiary/aromatic N) is 2. The lowest BCUT2D eigenvalue weighted by atomic mass is 10.4. The molecule has 2 nitrogen and oxygen atoms in total. The van der Waals surface area contributed by atoms with E-state index in [-0.39, 0.29) is 22.4 Å². The second-order valence-electron chi connectivity index (χ2n) is 3.18. The van der Waals surface area contributed by atoms with Crippen molar-refractivity contribution in [3.05, 3.63) is 22.3 Å². The zero-order valence-corrected chi connectivity index (χ0v) is 11.5. The predicted octanol–water partition coefficient (Wildman–Crippen LogP) is 4.15. The summed E-state index contributed by atoms with van der Waals surface area (Å²) in [5.41, 5.74) is 0. The van der Waals surface area contributed by atoms with E-state index in [0.717, 1.165) is 4.90 Å². The predicted molar refractivity (Wildman–Crippen MR) is 66.3 cm³/mol. The normalized spacial score (nSPS) is 11.6. The van der Waals surface area contributed by atoms with Crippen molar-refractivity contribution in [3.8, 4) is 0 Å². The van der Waals surface area contributed by atoms with Crippen molar-refractivity contribution < 1.29 is 13.2 Å². The molecule has 0 aliphatic carbocycles. The number of rotatable bonds is 4. The number of anilines is 1. The molecule has 0 unspecified atom stereocenters. The minimum Gasteiger partial charge on any atom is -0.345 e. The van der Waals surface area contributed by atoms with Gasteiger partial charge in [0.2, 0.25) is 0 Å². The summed E-state index contributed by atoms with van der Waals surface area (Å²) in [7, 11) is 0. The van der Waals surface area contributed by atoms with E-state index >= 15 is 0 Å². The van der Waals surface area contributed by atoms with Crippen LogP contribution in [0.1, 0.15) is 0 Å². The van der Waals surface area contributed by atoms with Crippen molar-refractivity contribution in [3.63, 3.8) is 0 Å². The molecule has 1 aromatic rings. The van der Waals surface area contributed by atoms with Gasteiger partial charge in [0, 0.05) is 18.1 Å². The molecule has 0 amide bonds. The molecule has 0 N–H and O–H groups in total. The first-order valence-electron chi connectivity index (χ1n) is 4.52. The first-order valence-corrected chi connectivity index (χ1v) is 6.40. The van der Waals surface area contributed by atoms with E-state index in [9.17, 15) is 13.2 Å². The number of hydrogen-bond acceptors (Lipinski definition) is 2. The summed E-state index contributed by atoms with van der Waals surface area (Å²) in [5.74, 6) is 0.0767. The Bertz CT molecular complexity index is 387. The van der Waals surface area contributed by atoms with Gasteiger partial charge in [-0.3, -0.25) is 0 Å². The second-order valence-corrected chi connectivity index (χ2v) is 4.82. The largest absolute Gasteiger partial charge is 0.405 e. The van der Waals surface area contributed by atoms with E-state index in [2.05, 4.69) is 20.9 Å². The summed E-state index contributed by atoms with van der Waals surface area (Å²) < 4.78 is 37.1. The topological polar surface area (TPSA) is 16.1 Å². The highest BCUT2D eigenvalue weighted by atomic mass is 79.9. The van der Waals surface area contributed by atoms with Gasteiger partial charge < -0.3 is 4.90 Å². The van der Waals surface area contributed by atoms with Gasteiger partial charge in [-0.05, 0) is 6.07 Å². The number of alkyl halides is 4. The van der Waals surface area contributed by atoms with Crippen molar-refractivity contribution in [1.82, 2.24) is 4.98 Å². The average molecular weight is 352 g/mol. The Kier molecular flexibility index (Phi) is 5.34. The molecule has 0 radical (unpaired) electrons. The van der Waals surface area contributed by atoms with Gasteiger partial charge in [-0.25, -0.2) is 4.98 Å². The molecule has 1 rings (SSSR count). The van der Waals surface area contributed by atoms with E-state index in [1.165, 1.54) is 12.3 Å². The highest BCUT2D eigenvalue weighted by Gasteiger charge is 2.31. The van der Waals surface area contributed by atoms with Crippen LogP contribution in [0.15, 0.2) is 12.3 Å². The third-order valence-corrected chi connectivity index (χ3v) is 2.65. The molecule has 0 aliphatic heterocycles. The first-order chi connectivity index (χ1) is 7.83. The Morgan fingerprint density at radius 1 is 1.35 bits per heavy atom. The van der Waals surface area contributed by atoms with Crippen LogP contribution in [-0.4, -0.2) is 29.6 Å². The molecule has 17 heavy (non-hydrogen) atoms. The zero-order valence-electron chi connectivity index (χ0n) is 8.44. The van der Waals surface area contributed by atoms with Gasteiger partial charge >= 0.3 is 6.18 Å². The Morgan fingerprint density at radius 3 is 2.47 bits per heavy atom. The second kappa shape index (κ2) is 6.11. The highest BCUT2D eigenvalue weighted by molar-refractivity contribution is 9.09. The molecule has 0 fully saturated rings. The monoisotopic (exact) mass is 350 g/mol. The van der Waals surface area contributed by atoms with Crippen LogP contribution in [0, 0.1) is 0 Å². The molecule has 0 saturated carbocycles. The molecule has 0 atom stereocenters. The lowest BCUT2D eigenvalue weighted by molar-refractivity contribution is -0.119. The summed E-state index contributed by atoms with van der Waals surface area (Å²) in [5, 5.41) is 0.760. The Morgan fingerprint density at radius 2 is 2.00 bits per heavy atom. The van der Waals surface area contributed by atoms with Crippen molar-refractivity contribution in [2.75, 3.05) is 23.3 Å². The van der Waals surface area contributed by atoms with Crippen molar-refractivity contribution in [2.45, 2.75) is 6.18 Å². The number of hydrogen-bond donors (Lipinski definition) is 0. The quantitative estimate of drug-likeness (QED) is 0.757. The molecule has 0 aliphatic rings. The van der Waals surface area contributed by atoms with Crippen molar-refractivity contribution >= 4 is 44.9 Å². The zero-order chi connectivity index (χ0) is 13.1. The van der Waals surface area contributed by atoms with Gasteiger partial charge in [-0.15, -0.1) is 0 Å². The number of halogens is 6. The molecule has 0 aromatic carbocycles. The fourth-order valence-electron chi connectivity index (χ4n) is 1.22. The van der Waals surface area contributed by atoms with Crippen LogP contribution in [0.2, 0.25) is 10.0 Å². The maximum absolute atomic E-state index is 12.4. The molecule has 0 saturated heterocycles. The third kappa shape index (κ3) is 4.89. The Balaban J connectivity index is 2.97. The van der Waals surface area contributed by atoms with Crippen LogP contribution in [0.5, 0.6) is 0 Å². The lowest BCUT2D eigenvalue weighted by Gasteiger charge is -2.24. The van der Waals surface area contributed by atoms with Gasteiger partial charge in [-0.2, -0.15) is 13.2 Å². The molecular formula is C9H8BrCl2F3N2. The Hall–Kier alpha value is -0.200. The van der Waals surface area contributed by atoms with Crippen LogP contribution >= 0.6 is 39.1 Å². The minimum absolute atomic E-state index is 0.0767. The van der Waals surface area contributed by atoms with E-state index in [1.54, 1.807) is 0 Å². The SMILES string of the molecule is FC(F)(F)CN(CCBr)c1ncc(Cl)cc1Cl. The summed E-state index contributed by atoms with van der Waals surface area (Å²) in [6.07, 6.45) is -3.05. The van der Waals surface area contributed by atoms with Gasteiger partial charge in [0.15, 0.2) is 0 Å². The summed E-state index contributed by atoms with van der Waals surface area (Å²) in [6, 6.07) is 1.36. The maximum atomic E-state index is 12.4. The highest BCUT2D eigenvalue weighted by Crippen LogP contribution is 2.28. The molecule has 96 valence electrons. The maximum Gasteiger partial charge on any atom is 0.405 e. The molecule has 1 aromatic heterocycles. The third-order valence-electron chi connectivity index (χ3n) is 1.81. The van der Waals surface area contributed by atoms with Crippen LogP contribution in [0.3, 0.4) is 0 Å². The van der Waals surface area contributed by atoms with Crippen LogP contribution in [-0.2, 0) is 0 Å². The standard InChI is InChI=1S/C9H8BrCl2F3N2/c10-1-2-17(5-9(13,14)15)8-7(12)3-6(11)4-16-8/h3-4H,1-2,5H2. The van der Waals surface area contributed by atoms with Gasteiger partial charge in [0.25, 0.3) is 0 Å². The van der Waals surface area contributed by atoms with Crippen molar-refractivity contribution in [2.24, 2.45) is 0 Å². The van der Waals surface area contributed by atoms with Crippen molar-refractivity contribution in [1.29, 1.82) is 0 Å². The molecule has 1 heterocycles. The smallest absolute Gasteiger partial charge is 0.345 e. The lowest BCUT2D eigenvalue weighted by Crippen LogP contribution is -2.36. The average Bonchev–Trinajstić information content (AvgIpc) is 2.14. The van der Waals surface area contributed by atoms with E-state index in [0.29, 0.717) is 5.33 Å². The summed E-state index contributed by atoms with van der Waals surface area (Å²) in [6.45, 7) is -0.958. The number of pyridine rings is 1. The van der Waals surface area contributed by atoms with Gasteiger partial charge in [0.1, 0.15) is 12.4 Å².